The van der Waals surface area contributed by atoms with Gasteiger partial charge in [-0.1, -0.05) is 12.1 Å². The highest BCUT2D eigenvalue weighted by molar-refractivity contribution is 5.90. The van der Waals surface area contributed by atoms with Crippen LogP contribution in [0.1, 0.15) is 15.9 Å². The zero-order chi connectivity index (χ0) is 14.7. The van der Waals surface area contributed by atoms with Crippen LogP contribution in [-0.2, 0) is 0 Å². The molecule has 0 aliphatic heterocycles. The molecule has 0 atom stereocenters. The molecular weight excluding hydrogens is 259 g/mol. The van der Waals surface area contributed by atoms with Gasteiger partial charge in [-0.25, -0.2) is 4.39 Å². The van der Waals surface area contributed by atoms with Crippen molar-refractivity contribution < 1.29 is 18.7 Å². The van der Waals surface area contributed by atoms with Gasteiger partial charge in [-0.2, -0.15) is 0 Å². The summed E-state index contributed by atoms with van der Waals surface area (Å²) in [6.07, 6.45) is 0.724. The topological polar surface area (TPSA) is 35.5 Å². The Morgan fingerprint density at radius 1 is 1.05 bits per heavy atom. The monoisotopic (exact) mass is 274 g/mol. The lowest BCUT2D eigenvalue weighted by atomic mass is 9.95. The standard InChI is InChI=1S/C16H15FO3/c1-10-12(5-4-6-14(10)17)13-8-16(20-3)15(19-2)7-11(13)9-18/h4-9H,1-3H3. The molecule has 0 fully saturated rings. The first-order valence-corrected chi connectivity index (χ1v) is 6.09. The molecule has 104 valence electrons. The summed E-state index contributed by atoms with van der Waals surface area (Å²) in [5, 5.41) is 0. The van der Waals surface area contributed by atoms with E-state index in [9.17, 15) is 9.18 Å². The SMILES string of the molecule is COc1cc(C=O)c(-c2cccc(F)c2C)cc1OC. The molecule has 0 aromatic heterocycles. The molecule has 0 saturated heterocycles. The molecule has 2 rings (SSSR count). The van der Waals surface area contributed by atoms with Gasteiger partial charge in [0, 0.05) is 5.56 Å². The van der Waals surface area contributed by atoms with Gasteiger partial charge in [-0.15, -0.1) is 0 Å². The van der Waals surface area contributed by atoms with Crippen LogP contribution >= 0.6 is 0 Å². The molecule has 0 radical (unpaired) electrons. The van der Waals surface area contributed by atoms with E-state index in [4.69, 9.17) is 9.47 Å². The number of hydrogen-bond acceptors (Lipinski definition) is 3. The summed E-state index contributed by atoms with van der Waals surface area (Å²) in [5.41, 5.74) is 2.20. The number of carbonyl (C=O) groups is 1. The highest BCUT2D eigenvalue weighted by atomic mass is 19.1. The van der Waals surface area contributed by atoms with Crippen LogP contribution in [0.25, 0.3) is 11.1 Å². The second-order valence-corrected chi connectivity index (χ2v) is 4.32. The quantitative estimate of drug-likeness (QED) is 0.799. The van der Waals surface area contributed by atoms with Gasteiger partial charge in [0.25, 0.3) is 0 Å². The molecule has 2 aromatic carbocycles. The number of halogens is 1. The van der Waals surface area contributed by atoms with Gasteiger partial charge in [-0.3, -0.25) is 4.79 Å². The van der Waals surface area contributed by atoms with Gasteiger partial charge in [0.1, 0.15) is 5.82 Å². The maximum atomic E-state index is 13.7. The molecule has 20 heavy (non-hydrogen) atoms. The van der Waals surface area contributed by atoms with Gasteiger partial charge in [0.15, 0.2) is 17.8 Å². The third kappa shape index (κ3) is 2.37. The molecule has 3 nitrogen and oxygen atoms in total. The summed E-state index contributed by atoms with van der Waals surface area (Å²) in [6, 6.07) is 8.05. The van der Waals surface area contributed by atoms with Crippen molar-refractivity contribution in [1.82, 2.24) is 0 Å². The van der Waals surface area contributed by atoms with Crippen LogP contribution < -0.4 is 9.47 Å². The number of carbonyl (C=O) groups excluding carboxylic acids is 1. The van der Waals surface area contributed by atoms with E-state index in [1.807, 2.05) is 0 Å². The Bertz CT molecular complexity index is 650. The third-order valence-electron chi connectivity index (χ3n) is 3.24. The Kier molecular flexibility index (Phi) is 4.03. The third-order valence-corrected chi connectivity index (χ3v) is 3.24. The van der Waals surface area contributed by atoms with Crippen molar-refractivity contribution in [3.63, 3.8) is 0 Å². The predicted molar refractivity (Wildman–Crippen MR) is 75.1 cm³/mol. The fraction of sp³-hybridized carbons (Fsp3) is 0.188. The van der Waals surface area contributed by atoms with E-state index in [0.29, 0.717) is 33.8 Å². The Labute approximate surface area is 117 Å². The van der Waals surface area contributed by atoms with Crippen LogP contribution in [0.5, 0.6) is 11.5 Å². The normalized spacial score (nSPS) is 10.2. The molecule has 0 aliphatic rings. The molecule has 4 heteroatoms. The number of benzene rings is 2. The number of rotatable bonds is 4. The van der Waals surface area contributed by atoms with E-state index in [1.165, 1.54) is 20.3 Å². The molecule has 0 saturated carbocycles. The molecule has 0 amide bonds. The summed E-state index contributed by atoms with van der Waals surface area (Å²) in [6.45, 7) is 1.68. The van der Waals surface area contributed by atoms with Crippen molar-refractivity contribution in [2.45, 2.75) is 6.92 Å². The van der Waals surface area contributed by atoms with Crippen LogP contribution in [-0.4, -0.2) is 20.5 Å². The average Bonchev–Trinajstić information content (AvgIpc) is 2.48. The summed E-state index contributed by atoms with van der Waals surface area (Å²) in [4.78, 5) is 11.3. The Morgan fingerprint density at radius 2 is 1.70 bits per heavy atom. The average molecular weight is 274 g/mol. The Hall–Kier alpha value is -2.36. The van der Waals surface area contributed by atoms with E-state index < -0.39 is 0 Å². The first-order chi connectivity index (χ1) is 9.62. The summed E-state index contributed by atoms with van der Waals surface area (Å²) in [5.74, 6) is 0.651. The zero-order valence-electron chi connectivity index (χ0n) is 11.6. The first kappa shape index (κ1) is 14.1. The van der Waals surface area contributed by atoms with Crippen molar-refractivity contribution in [2.24, 2.45) is 0 Å². The molecule has 2 aromatic rings. The Morgan fingerprint density at radius 3 is 2.30 bits per heavy atom. The minimum atomic E-state index is -0.311. The minimum absolute atomic E-state index is 0.311. The van der Waals surface area contributed by atoms with Crippen molar-refractivity contribution in [3.8, 4) is 22.6 Å². The fourth-order valence-corrected chi connectivity index (χ4v) is 2.12. The number of ether oxygens (including phenoxy) is 2. The molecular formula is C16H15FO3. The zero-order valence-corrected chi connectivity index (χ0v) is 11.6. The van der Waals surface area contributed by atoms with Crippen LogP contribution in [0.2, 0.25) is 0 Å². The van der Waals surface area contributed by atoms with Crippen LogP contribution in [0, 0.1) is 12.7 Å². The Balaban J connectivity index is 2.72. The molecule has 0 heterocycles. The lowest BCUT2D eigenvalue weighted by molar-refractivity contribution is 0.112. The van der Waals surface area contributed by atoms with Gasteiger partial charge in [0.2, 0.25) is 0 Å². The van der Waals surface area contributed by atoms with Gasteiger partial charge < -0.3 is 9.47 Å². The van der Waals surface area contributed by atoms with Crippen LogP contribution in [0.4, 0.5) is 4.39 Å². The molecule has 0 spiro atoms. The first-order valence-electron chi connectivity index (χ1n) is 6.09. The summed E-state index contributed by atoms with van der Waals surface area (Å²) >= 11 is 0. The van der Waals surface area contributed by atoms with Crippen molar-refractivity contribution in [2.75, 3.05) is 14.2 Å². The molecule has 0 N–H and O–H groups in total. The van der Waals surface area contributed by atoms with Crippen LogP contribution in [0.3, 0.4) is 0 Å². The van der Waals surface area contributed by atoms with Gasteiger partial charge in [-0.05, 0) is 41.8 Å². The molecule has 0 unspecified atom stereocenters. The van der Waals surface area contributed by atoms with Gasteiger partial charge >= 0.3 is 0 Å². The largest absolute Gasteiger partial charge is 0.493 e. The number of hydrogen-bond donors (Lipinski definition) is 0. The van der Waals surface area contributed by atoms with E-state index in [-0.39, 0.29) is 5.82 Å². The van der Waals surface area contributed by atoms with Crippen molar-refractivity contribution >= 4 is 6.29 Å². The molecule has 0 aliphatic carbocycles. The van der Waals surface area contributed by atoms with Crippen LogP contribution in [0.15, 0.2) is 30.3 Å². The smallest absolute Gasteiger partial charge is 0.161 e. The van der Waals surface area contributed by atoms with Crippen molar-refractivity contribution in [1.29, 1.82) is 0 Å². The lowest BCUT2D eigenvalue weighted by Crippen LogP contribution is -1.97. The van der Waals surface area contributed by atoms with Crippen molar-refractivity contribution in [3.05, 3.63) is 47.3 Å². The summed E-state index contributed by atoms with van der Waals surface area (Å²) in [7, 11) is 3.01. The minimum Gasteiger partial charge on any atom is -0.493 e. The maximum Gasteiger partial charge on any atom is 0.161 e. The van der Waals surface area contributed by atoms with E-state index in [1.54, 1.807) is 31.2 Å². The van der Waals surface area contributed by atoms with E-state index >= 15 is 0 Å². The second-order valence-electron chi connectivity index (χ2n) is 4.32. The predicted octanol–water partition coefficient (Wildman–Crippen LogP) is 3.63. The number of methoxy groups -OCH3 is 2. The second kappa shape index (κ2) is 5.74. The maximum absolute atomic E-state index is 13.7. The number of aldehydes is 1. The van der Waals surface area contributed by atoms with E-state index in [0.717, 1.165) is 6.29 Å². The lowest BCUT2D eigenvalue weighted by Gasteiger charge is -2.14. The van der Waals surface area contributed by atoms with Gasteiger partial charge in [0.05, 0.1) is 14.2 Å². The fourth-order valence-electron chi connectivity index (χ4n) is 2.12. The molecule has 0 bridgehead atoms. The highest BCUT2D eigenvalue weighted by Gasteiger charge is 2.15. The van der Waals surface area contributed by atoms with E-state index in [2.05, 4.69) is 0 Å². The highest BCUT2D eigenvalue weighted by Crippen LogP contribution is 2.36. The summed E-state index contributed by atoms with van der Waals surface area (Å²) < 4.78 is 24.1.